The number of methoxy groups -OCH3 is 2. The molecule has 3 rings (SSSR count). The zero-order valence-electron chi connectivity index (χ0n) is 12.6. The number of aryl methyl sites for hydroxylation is 1. The summed E-state index contributed by atoms with van der Waals surface area (Å²) in [5.41, 5.74) is 0.857. The van der Waals surface area contributed by atoms with Crippen molar-refractivity contribution in [3.05, 3.63) is 37.7 Å². The van der Waals surface area contributed by atoms with Crippen LogP contribution in [0.25, 0.3) is 10.2 Å². The quantitative estimate of drug-likeness (QED) is 0.656. The van der Waals surface area contributed by atoms with Gasteiger partial charge in [-0.3, -0.25) is 4.79 Å². The minimum atomic E-state index is -0.263. The number of thiazole rings is 1. The van der Waals surface area contributed by atoms with Crippen LogP contribution in [0.15, 0.2) is 33.0 Å². The molecular weight excluding hydrogens is 400 g/mol. The van der Waals surface area contributed by atoms with Crippen LogP contribution in [0.3, 0.4) is 0 Å². The first-order valence-corrected chi connectivity index (χ1v) is 9.02. The van der Waals surface area contributed by atoms with Gasteiger partial charge in [0.1, 0.15) is 21.7 Å². The van der Waals surface area contributed by atoms with E-state index in [-0.39, 0.29) is 5.91 Å². The first-order valence-electron chi connectivity index (χ1n) is 6.60. The van der Waals surface area contributed by atoms with Gasteiger partial charge in [-0.15, -0.1) is 11.3 Å². The van der Waals surface area contributed by atoms with Gasteiger partial charge in [0.15, 0.2) is 4.80 Å². The van der Waals surface area contributed by atoms with Gasteiger partial charge in [0.05, 0.1) is 22.9 Å². The van der Waals surface area contributed by atoms with Crippen molar-refractivity contribution in [1.29, 1.82) is 0 Å². The molecule has 0 saturated carbocycles. The third-order valence-corrected chi connectivity index (χ3v) is 6.05. The maximum Gasteiger partial charge on any atom is 0.289 e. The molecule has 0 fully saturated rings. The van der Waals surface area contributed by atoms with E-state index in [2.05, 4.69) is 20.9 Å². The maximum atomic E-state index is 12.3. The fourth-order valence-corrected chi connectivity index (χ4v) is 4.60. The fourth-order valence-electron chi connectivity index (χ4n) is 2.20. The molecule has 0 aliphatic heterocycles. The van der Waals surface area contributed by atoms with Crippen molar-refractivity contribution in [3.8, 4) is 11.5 Å². The summed E-state index contributed by atoms with van der Waals surface area (Å²) >= 11 is 6.12. The highest BCUT2D eigenvalue weighted by Gasteiger charge is 2.15. The minimum Gasteiger partial charge on any atom is -0.495 e. The van der Waals surface area contributed by atoms with Crippen LogP contribution >= 0.6 is 38.6 Å². The SMILES string of the molecule is COc1ccc(OC)c2c1sc(=NC(=O)c1ccc(Br)s1)n2C. The van der Waals surface area contributed by atoms with E-state index in [1.165, 1.54) is 22.7 Å². The van der Waals surface area contributed by atoms with E-state index in [0.717, 1.165) is 19.8 Å². The zero-order valence-corrected chi connectivity index (χ0v) is 15.8. The molecule has 0 spiro atoms. The Bertz CT molecular complexity index is 955. The number of carbonyl (C=O) groups is 1. The second-order valence-electron chi connectivity index (χ2n) is 4.61. The number of amides is 1. The van der Waals surface area contributed by atoms with E-state index in [9.17, 15) is 4.79 Å². The van der Waals surface area contributed by atoms with E-state index >= 15 is 0 Å². The lowest BCUT2D eigenvalue weighted by atomic mass is 10.3. The van der Waals surface area contributed by atoms with Gasteiger partial charge in [0.25, 0.3) is 5.91 Å². The number of rotatable bonds is 3. The van der Waals surface area contributed by atoms with Gasteiger partial charge in [-0.25, -0.2) is 0 Å². The Kier molecular flexibility index (Phi) is 4.56. The lowest BCUT2D eigenvalue weighted by Crippen LogP contribution is -2.13. The number of thiophene rings is 1. The van der Waals surface area contributed by atoms with Crippen LogP contribution < -0.4 is 14.3 Å². The molecule has 0 atom stereocenters. The van der Waals surface area contributed by atoms with Crippen molar-refractivity contribution in [3.63, 3.8) is 0 Å². The average molecular weight is 413 g/mol. The van der Waals surface area contributed by atoms with Crippen LogP contribution in [0.2, 0.25) is 0 Å². The number of carbonyl (C=O) groups excluding carboxylic acids is 1. The van der Waals surface area contributed by atoms with Crippen molar-refractivity contribution in [1.82, 2.24) is 4.57 Å². The van der Waals surface area contributed by atoms with E-state index in [0.29, 0.717) is 15.4 Å². The lowest BCUT2D eigenvalue weighted by molar-refractivity contribution is 0.100. The maximum absolute atomic E-state index is 12.3. The summed E-state index contributed by atoms with van der Waals surface area (Å²) in [6.07, 6.45) is 0. The highest BCUT2D eigenvalue weighted by molar-refractivity contribution is 9.11. The molecule has 1 amide bonds. The minimum absolute atomic E-state index is 0.263. The Morgan fingerprint density at radius 2 is 1.83 bits per heavy atom. The number of hydrogen-bond donors (Lipinski definition) is 0. The molecule has 0 bridgehead atoms. The summed E-state index contributed by atoms with van der Waals surface area (Å²) in [6, 6.07) is 7.29. The van der Waals surface area contributed by atoms with Gasteiger partial charge in [0.2, 0.25) is 0 Å². The summed E-state index contributed by atoms with van der Waals surface area (Å²) < 4.78 is 14.5. The van der Waals surface area contributed by atoms with E-state index < -0.39 is 0 Å². The van der Waals surface area contributed by atoms with Crippen molar-refractivity contribution in [2.45, 2.75) is 0 Å². The van der Waals surface area contributed by atoms with Crippen LogP contribution in [0, 0.1) is 0 Å². The Balaban J connectivity index is 2.20. The molecule has 0 N–H and O–H groups in total. The smallest absolute Gasteiger partial charge is 0.289 e. The standard InChI is InChI=1S/C15H13BrN2O3S2/c1-18-12-8(20-2)4-5-9(21-3)13(12)23-15(18)17-14(19)10-6-7-11(16)22-10/h4-7H,1-3H3. The van der Waals surface area contributed by atoms with Crippen LogP contribution in [-0.2, 0) is 7.05 Å². The second kappa shape index (κ2) is 6.46. The summed E-state index contributed by atoms with van der Waals surface area (Å²) in [5, 5.41) is 0. The van der Waals surface area contributed by atoms with Crippen molar-refractivity contribution in [2.75, 3.05) is 14.2 Å². The molecule has 2 aromatic heterocycles. The van der Waals surface area contributed by atoms with Gasteiger partial charge >= 0.3 is 0 Å². The molecule has 0 aliphatic carbocycles. The molecule has 3 aromatic rings. The van der Waals surface area contributed by atoms with Gasteiger partial charge < -0.3 is 14.0 Å². The Labute approximate surface area is 148 Å². The van der Waals surface area contributed by atoms with Gasteiger partial charge in [-0.1, -0.05) is 11.3 Å². The third-order valence-electron chi connectivity index (χ3n) is 3.30. The molecule has 120 valence electrons. The van der Waals surface area contributed by atoms with E-state index in [4.69, 9.17) is 9.47 Å². The van der Waals surface area contributed by atoms with Crippen molar-refractivity contribution < 1.29 is 14.3 Å². The largest absolute Gasteiger partial charge is 0.495 e. The predicted molar refractivity (Wildman–Crippen MR) is 95.8 cm³/mol. The number of ether oxygens (including phenoxy) is 2. The highest BCUT2D eigenvalue weighted by atomic mass is 79.9. The van der Waals surface area contributed by atoms with Gasteiger partial charge in [-0.2, -0.15) is 4.99 Å². The summed E-state index contributed by atoms with van der Waals surface area (Å²) in [6.45, 7) is 0. The van der Waals surface area contributed by atoms with Crippen LogP contribution in [0.1, 0.15) is 9.67 Å². The number of hydrogen-bond acceptors (Lipinski definition) is 5. The first-order chi connectivity index (χ1) is 11.0. The van der Waals surface area contributed by atoms with Crippen LogP contribution in [0.4, 0.5) is 0 Å². The number of nitrogens with zero attached hydrogens (tertiary/aromatic N) is 2. The normalized spacial score (nSPS) is 11.9. The molecule has 5 nitrogen and oxygen atoms in total. The number of fused-ring (bicyclic) bond motifs is 1. The molecule has 23 heavy (non-hydrogen) atoms. The van der Waals surface area contributed by atoms with Crippen molar-refractivity contribution >= 4 is 54.7 Å². The lowest BCUT2D eigenvalue weighted by Gasteiger charge is -2.06. The molecule has 1 aromatic carbocycles. The Hall–Kier alpha value is -1.64. The number of aromatic nitrogens is 1. The summed E-state index contributed by atoms with van der Waals surface area (Å²) in [4.78, 5) is 17.8. The second-order valence-corrected chi connectivity index (χ2v) is 8.05. The molecule has 0 radical (unpaired) electrons. The fraction of sp³-hybridized carbons (Fsp3) is 0.200. The van der Waals surface area contributed by atoms with Crippen LogP contribution in [-0.4, -0.2) is 24.7 Å². The highest BCUT2D eigenvalue weighted by Crippen LogP contribution is 2.34. The van der Waals surface area contributed by atoms with Gasteiger partial charge in [0, 0.05) is 7.05 Å². The first kappa shape index (κ1) is 16.2. The Morgan fingerprint density at radius 1 is 1.13 bits per heavy atom. The molecule has 0 aliphatic rings. The van der Waals surface area contributed by atoms with Crippen LogP contribution in [0.5, 0.6) is 11.5 Å². The topological polar surface area (TPSA) is 52.8 Å². The van der Waals surface area contributed by atoms with Gasteiger partial charge in [-0.05, 0) is 40.2 Å². The molecule has 0 unspecified atom stereocenters. The van der Waals surface area contributed by atoms with E-state index in [1.807, 2.05) is 29.8 Å². The van der Waals surface area contributed by atoms with Crippen molar-refractivity contribution in [2.24, 2.45) is 12.0 Å². The molecule has 0 saturated heterocycles. The molecule has 2 heterocycles. The third kappa shape index (κ3) is 2.93. The monoisotopic (exact) mass is 412 g/mol. The summed E-state index contributed by atoms with van der Waals surface area (Å²) in [5.74, 6) is 1.18. The average Bonchev–Trinajstić information content (AvgIpc) is 3.11. The van der Waals surface area contributed by atoms with E-state index in [1.54, 1.807) is 20.3 Å². The molecule has 8 heteroatoms. The predicted octanol–water partition coefficient (Wildman–Crippen LogP) is 3.82. The summed E-state index contributed by atoms with van der Waals surface area (Å²) in [7, 11) is 5.09. The number of halogens is 1. The Morgan fingerprint density at radius 3 is 2.43 bits per heavy atom. The molecular formula is C15H13BrN2O3S2. The zero-order chi connectivity index (χ0) is 16.6. The number of benzene rings is 1.